The average Bonchev–Trinajstić information content (AvgIpc) is 3.03. The molecular weight excluding hydrogens is 350 g/mol. The molecule has 1 unspecified atom stereocenters. The van der Waals surface area contributed by atoms with Crippen LogP contribution < -0.4 is 10.5 Å². The zero-order valence-electron chi connectivity index (χ0n) is 16.1. The Balaban J connectivity index is 1.53. The normalized spacial score (nSPS) is 15.5. The Morgan fingerprint density at radius 3 is 2.61 bits per heavy atom. The number of anilines is 1. The summed E-state index contributed by atoms with van der Waals surface area (Å²) in [5.41, 5.74) is 4.13. The zero-order valence-corrected chi connectivity index (χ0v) is 16.1. The third-order valence-corrected chi connectivity index (χ3v) is 5.33. The lowest BCUT2D eigenvalue weighted by molar-refractivity contribution is -0.118. The predicted octanol–water partition coefficient (Wildman–Crippen LogP) is 3.66. The predicted molar refractivity (Wildman–Crippen MR) is 110 cm³/mol. The fourth-order valence-electron chi connectivity index (χ4n) is 3.94. The van der Waals surface area contributed by atoms with E-state index in [0.717, 1.165) is 17.7 Å². The van der Waals surface area contributed by atoms with Crippen molar-refractivity contribution in [2.45, 2.75) is 39.2 Å². The number of aromatic nitrogens is 2. The van der Waals surface area contributed by atoms with Gasteiger partial charge in [-0.2, -0.15) is 0 Å². The first-order chi connectivity index (χ1) is 13.5. The smallest absolute Gasteiger partial charge is 0.254 e. The Morgan fingerprint density at radius 1 is 1.14 bits per heavy atom. The summed E-state index contributed by atoms with van der Waals surface area (Å²) in [6, 6.07) is 17.7. The number of benzene rings is 2. The van der Waals surface area contributed by atoms with Gasteiger partial charge in [0.05, 0.1) is 0 Å². The maximum absolute atomic E-state index is 12.9. The number of para-hydroxylation sites is 1. The average molecular weight is 373 g/mol. The second-order valence-corrected chi connectivity index (χ2v) is 7.29. The third kappa shape index (κ3) is 3.36. The molecule has 5 heteroatoms. The molecule has 0 saturated carbocycles. The van der Waals surface area contributed by atoms with Gasteiger partial charge in [0, 0.05) is 35.0 Å². The van der Waals surface area contributed by atoms with Crippen LogP contribution in [0.25, 0.3) is 11.4 Å². The largest absolute Gasteiger partial charge is 0.309 e. The van der Waals surface area contributed by atoms with Crippen LogP contribution >= 0.6 is 0 Å². The van der Waals surface area contributed by atoms with Crippen molar-refractivity contribution >= 4 is 11.6 Å². The first-order valence-electron chi connectivity index (χ1n) is 9.60. The molecule has 0 bridgehead atoms. The van der Waals surface area contributed by atoms with Crippen molar-refractivity contribution in [3.63, 3.8) is 0 Å². The van der Waals surface area contributed by atoms with Crippen molar-refractivity contribution in [2.24, 2.45) is 0 Å². The maximum atomic E-state index is 12.9. The highest BCUT2D eigenvalue weighted by Crippen LogP contribution is 2.32. The van der Waals surface area contributed by atoms with Crippen molar-refractivity contribution < 1.29 is 4.79 Å². The Morgan fingerprint density at radius 2 is 1.86 bits per heavy atom. The van der Waals surface area contributed by atoms with Crippen molar-refractivity contribution in [1.29, 1.82) is 0 Å². The molecule has 1 amide bonds. The molecule has 4 rings (SSSR count). The van der Waals surface area contributed by atoms with E-state index in [0.29, 0.717) is 23.5 Å². The molecule has 1 aliphatic rings. The Hall–Kier alpha value is -3.21. The van der Waals surface area contributed by atoms with Crippen molar-refractivity contribution in [1.82, 2.24) is 9.97 Å². The minimum atomic E-state index is -0.172. The minimum Gasteiger partial charge on any atom is -0.309 e. The molecule has 0 radical (unpaired) electrons. The number of hydrogen-bond acceptors (Lipinski definition) is 3. The quantitative estimate of drug-likeness (QED) is 0.759. The first-order valence-corrected chi connectivity index (χ1v) is 9.60. The van der Waals surface area contributed by atoms with E-state index in [4.69, 9.17) is 0 Å². The topological polar surface area (TPSA) is 66.1 Å². The molecule has 3 aromatic rings. The van der Waals surface area contributed by atoms with Crippen LogP contribution in [0.4, 0.5) is 5.69 Å². The van der Waals surface area contributed by atoms with E-state index < -0.39 is 0 Å². The van der Waals surface area contributed by atoms with Gasteiger partial charge in [-0.05, 0) is 38.3 Å². The summed E-state index contributed by atoms with van der Waals surface area (Å²) < 4.78 is 0. The van der Waals surface area contributed by atoms with Crippen LogP contribution in [-0.4, -0.2) is 21.9 Å². The number of carbonyl (C=O) groups excluding carboxylic acids is 1. The summed E-state index contributed by atoms with van der Waals surface area (Å²) in [5, 5.41) is 0. The molecule has 28 heavy (non-hydrogen) atoms. The van der Waals surface area contributed by atoms with Crippen LogP contribution in [0.15, 0.2) is 59.4 Å². The molecular formula is C23H23N3O2. The lowest BCUT2D eigenvalue weighted by Gasteiger charge is -2.22. The summed E-state index contributed by atoms with van der Waals surface area (Å²) >= 11 is 0. The highest BCUT2D eigenvalue weighted by molar-refractivity contribution is 5.96. The van der Waals surface area contributed by atoms with E-state index in [-0.39, 0.29) is 23.9 Å². The summed E-state index contributed by atoms with van der Waals surface area (Å²) in [5.74, 6) is 0.601. The number of nitrogens with one attached hydrogen (secondary N) is 1. The van der Waals surface area contributed by atoms with Crippen LogP contribution in [0.2, 0.25) is 0 Å². The molecule has 1 atom stereocenters. The molecule has 5 nitrogen and oxygen atoms in total. The second-order valence-electron chi connectivity index (χ2n) is 7.29. The summed E-state index contributed by atoms with van der Waals surface area (Å²) in [6.07, 6.45) is 1.54. The highest BCUT2D eigenvalue weighted by Gasteiger charge is 2.30. The zero-order chi connectivity index (χ0) is 19.7. The van der Waals surface area contributed by atoms with E-state index in [1.165, 1.54) is 5.56 Å². The number of rotatable bonds is 4. The van der Waals surface area contributed by atoms with Gasteiger partial charge < -0.3 is 9.88 Å². The lowest BCUT2D eigenvalue weighted by atomic mass is 10.1. The standard InChI is InChI=1S/C23H23N3O2/c1-15-14-18-10-6-7-11-20(18)26(15)21(27)13-12-19-16(2)24-22(25-23(19)28)17-8-4-3-5-9-17/h3-11,15H,12-14H2,1-2H3,(H,24,25,28). The molecule has 0 fully saturated rings. The van der Waals surface area contributed by atoms with Gasteiger partial charge in [0.2, 0.25) is 5.91 Å². The number of nitrogens with zero attached hydrogens (tertiary/aromatic N) is 2. The van der Waals surface area contributed by atoms with Crippen molar-refractivity contribution in [2.75, 3.05) is 4.90 Å². The Labute approximate surface area is 164 Å². The van der Waals surface area contributed by atoms with Crippen LogP contribution in [0.5, 0.6) is 0 Å². The molecule has 0 aliphatic carbocycles. The van der Waals surface area contributed by atoms with Gasteiger partial charge in [-0.15, -0.1) is 0 Å². The van der Waals surface area contributed by atoms with Gasteiger partial charge in [0.25, 0.3) is 5.56 Å². The van der Waals surface area contributed by atoms with Crippen LogP contribution in [0, 0.1) is 6.92 Å². The van der Waals surface area contributed by atoms with Crippen molar-refractivity contribution in [3.8, 4) is 11.4 Å². The number of fused-ring (bicyclic) bond motifs is 1. The Kier molecular flexibility index (Phi) is 4.82. The van der Waals surface area contributed by atoms with E-state index in [9.17, 15) is 9.59 Å². The first kappa shape index (κ1) is 18.2. The van der Waals surface area contributed by atoms with E-state index in [1.807, 2.05) is 60.4 Å². The van der Waals surface area contributed by atoms with E-state index in [1.54, 1.807) is 0 Å². The summed E-state index contributed by atoms with van der Waals surface area (Å²) in [7, 11) is 0. The van der Waals surface area contributed by atoms with E-state index >= 15 is 0 Å². The summed E-state index contributed by atoms with van der Waals surface area (Å²) in [6.45, 7) is 3.89. The van der Waals surface area contributed by atoms with Crippen LogP contribution in [0.3, 0.4) is 0 Å². The van der Waals surface area contributed by atoms with E-state index in [2.05, 4.69) is 23.0 Å². The van der Waals surface area contributed by atoms with Gasteiger partial charge in [-0.25, -0.2) is 4.98 Å². The number of hydrogen-bond donors (Lipinski definition) is 1. The monoisotopic (exact) mass is 373 g/mol. The Bertz CT molecular complexity index is 1070. The lowest BCUT2D eigenvalue weighted by Crippen LogP contribution is -2.36. The van der Waals surface area contributed by atoms with Gasteiger partial charge in [0.15, 0.2) is 0 Å². The van der Waals surface area contributed by atoms with Gasteiger partial charge in [0.1, 0.15) is 5.82 Å². The SMILES string of the molecule is Cc1nc(-c2ccccc2)[nH]c(=O)c1CCC(=O)N1c2ccccc2CC1C. The van der Waals surface area contributed by atoms with Crippen LogP contribution in [-0.2, 0) is 17.6 Å². The van der Waals surface area contributed by atoms with Crippen LogP contribution in [0.1, 0.15) is 30.2 Å². The highest BCUT2D eigenvalue weighted by atomic mass is 16.2. The van der Waals surface area contributed by atoms with Crippen molar-refractivity contribution in [3.05, 3.63) is 81.8 Å². The van der Waals surface area contributed by atoms with Gasteiger partial charge in [-0.1, -0.05) is 48.5 Å². The molecule has 0 saturated heterocycles. The molecule has 2 heterocycles. The maximum Gasteiger partial charge on any atom is 0.254 e. The molecule has 1 N–H and O–H groups in total. The fourth-order valence-corrected chi connectivity index (χ4v) is 3.94. The number of aryl methyl sites for hydroxylation is 1. The molecule has 1 aromatic heterocycles. The minimum absolute atomic E-state index is 0.0448. The number of H-pyrrole nitrogens is 1. The van der Waals surface area contributed by atoms with Gasteiger partial charge in [-0.3, -0.25) is 9.59 Å². The molecule has 142 valence electrons. The number of amides is 1. The number of aromatic amines is 1. The summed E-state index contributed by atoms with van der Waals surface area (Å²) in [4.78, 5) is 34.8. The van der Waals surface area contributed by atoms with Gasteiger partial charge >= 0.3 is 0 Å². The fraction of sp³-hybridized carbons (Fsp3) is 0.261. The molecule has 2 aromatic carbocycles. The number of carbonyl (C=O) groups is 1. The third-order valence-electron chi connectivity index (χ3n) is 5.33. The molecule has 0 spiro atoms. The molecule has 1 aliphatic heterocycles. The second kappa shape index (κ2) is 7.43.